The molecule has 146 valence electrons. The minimum absolute atomic E-state index is 0.155. The van der Waals surface area contributed by atoms with Gasteiger partial charge in [-0.3, -0.25) is 14.4 Å². The summed E-state index contributed by atoms with van der Waals surface area (Å²) in [5.74, 6) is -0.904. The lowest BCUT2D eigenvalue weighted by molar-refractivity contribution is -0.121. The fraction of sp³-hybridized carbons (Fsp3) is 0.0909. The number of fused-ring (bicyclic) bond motifs is 4. The second-order valence-electron chi connectivity index (χ2n) is 7.52. The van der Waals surface area contributed by atoms with Gasteiger partial charge in [0.05, 0.1) is 11.0 Å². The molecule has 30 heavy (non-hydrogen) atoms. The third kappa shape index (κ3) is 1.98. The Morgan fingerprint density at radius 2 is 1.70 bits per heavy atom. The van der Waals surface area contributed by atoms with Crippen LogP contribution in [0.3, 0.4) is 0 Å². The largest absolute Gasteiger partial charge is 0.345 e. The van der Waals surface area contributed by atoms with E-state index in [-0.39, 0.29) is 29.6 Å². The van der Waals surface area contributed by atoms with Gasteiger partial charge in [-0.15, -0.1) is 0 Å². The molecule has 0 saturated carbocycles. The number of carbonyl (C=O) groups excluding carboxylic acids is 3. The number of amides is 1. The van der Waals surface area contributed by atoms with Crippen LogP contribution in [-0.2, 0) is 19.9 Å². The van der Waals surface area contributed by atoms with Gasteiger partial charge in [0.25, 0.3) is 5.91 Å². The number of ketones is 2. The third-order valence-electron chi connectivity index (χ3n) is 6.02. The van der Waals surface area contributed by atoms with Gasteiger partial charge in [-0.25, -0.2) is 0 Å². The zero-order valence-electron chi connectivity index (χ0n) is 15.5. The number of aromatic nitrogens is 2. The first-order chi connectivity index (χ1) is 14.5. The first-order valence-corrected chi connectivity index (χ1v) is 9.82. The van der Waals surface area contributed by atoms with Crippen molar-refractivity contribution in [2.45, 2.75) is 5.54 Å². The Labute approximate surface area is 175 Å². The zero-order chi connectivity index (χ0) is 20.6. The fourth-order valence-electron chi connectivity index (χ4n) is 4.80. The number of para-hydroxylation sites is 1. The van der Waals surface area contributed by atoms with Gasteiger partial charge in [0.2, 0.25) is 0 Å². The summed E-state index contributed by atoms with van der Waals surface area (Å²) in [6.45, 7) is 0.155. The SMILES string of the molecule is O=C1C=CC(=O)C2=C1CN(c1ccc3[nH]c(=S)[nH]c3c1)C21C(=O)Nc2ccccc21. The highest BCUT2D eigenvalue weighted by Crippen LogP contribution is 2.53. The van der Waals surface area contributed by atoms with E-state index in [1.165, 1.54) is 12.2 Å². The minimum atomic E-state index is -1.40. The van der Waals surface area contributed by atoms with Crippen molar-refractivity contribution in [3.63, 3.8) is 0 Å². The molecule has 0 saturated heterocycles. The van der Waals surface area contributed by atoms with Gasteiger partial charge in [0, 0.05) is 34.6 Å². The van der Waals surface area contributed by atoms with Gasteiger partial charge in [0.1, 0.15) is 0 Å². The standard InChI is InChI=1S/C22H14N4O3S/c27-17-7-8-18(28)19-12(17)10-26(11-5-6-15-16(9-11)25-21(30)24-15)22(19)13-3-1-2-4-14(13)23-20(22)29/h1-9H,10H2,(H,23,29)(H2,24,25,30). The molecule has 1 spiro atoms. The number of aromatic amines is 2. The van der Waals surface area contributed by atoms with Crippen LogP contribution in [0.2, 0.25) is 0 Å². The molecule has 7 nitrogen and oxygen atoms in total. The number of nitrogens with one attached hydrogen (secondary N) is 3. The smallest absolute Gasteiger partial charge is 0.259 e. The predicted molar refractivity (Wildman–Crippen MR) is 114 cm³/mol. The Kier molecular flexibility index (Phi) is 3.22. The van der Waals surface area contributed by atoms with E-state index in [1.54, 1.807) is 6.07 Å². The molecular weight excluding hydrogens is 400 g/mol. The van der Waals surface area contributed by atoms with Crippen molar-refractivity contribution >= 4 is 52.1 Å². The molecule has 2 aromatic carbocycles. The molecule has 0 fully saturated rings. The number of benzene rings is 2. The molecule has 8 heteroatoms. The molecule has 1 aromatic heterocycles. The van der Waals surface area contributed by atoms with E-state index in [4.69, 9.17) is 12.2 Å². The monoisotopic (exact) mass is 414 g/mol. The summed E-state index contributed by atoms with van der Waals surface area (Å²) < 4.78 is 0.495. The van der Waals surface area contributed by atoms with Crippen LogP contribution in [0.25, 0.3) is 11.0 Å². The molecule has 3 N–H and O–H groups in total. The Morgan fingerprint density at radius 3 is 2.57 bits per heavy atom. The quantitative estimate of drug-likeness (QED) is 0.420. The Hall–Kier alpha value is -3.78. The van der Waals surface area contributed by atoms with Crippen molar-refractivity contribution in [1.29, 1.82) is 0 Å². The maximum atomic E-state index is 13.5. The average molecular weight is 414 g/mol. The average Bonchev–Trinajstić information content (AvgIpc) is 3.37. The van der Waals surface area contributed by atoms with Crippen LogP contribution >= 0.6 is 12.2 Å². The zero-order valence-corrected chi connectivity index (χ0v) is 16.3. The van der Waals surface area contributed by atoms with Crippen LogP contribution < -0.4 is 10.2 Å². The van der Waals surface area contributed by atoms with Crippen LogP contribution in [0.1, 0.15) is 5.56 Å². The summed E-state index contributed by atoms with van der Waals surface area (Å²) in [5.41, 5.74) is 2.81. The normalized spacial score (nSPS) is 22.3. The summed E-state index contributed by atoms with van der Waals surface area (Å²) in [4.78, 5) is 47.2. The lowest BCUT2D eigenvalue weighted by Gasteiger charge is -2.37. The number of rotatable bonds is 1. The van der Waals surface area contributed by atoms with E-state index in [1.807, 2.05) is 41.3 Å². The number of anilines is 2. The highest BCUT2D eigenvalue weighted by molar-refractivity contribution is 7.71. The Balaban J connectivity index is 1.66. The molecule has 0 bridgehead atoms. The van der Waals surface area contributed by atoms with E-state index in [2.05, 4.69) is 15.3 Å². The van der Waals surface area contributed by atoms with Crippen LogP contribution in [-0.4, -0.2) is 34.0 Å². The lowest BCUT2D eigenvalue weighted by Crippen LogP contribution is -2.50. The molecule has 1 atom stereocenters. The second kappa shape index (κ2) is 5.64. The molecular formula is C22H14N4O3S. The summed E-state index contributed by atoms with van der Waals surface area (Å²) in [5, 5.41) is 2.91. The van der Waals surface area contributed by atoms with E-state index in [0.29, 0.717) is 27.3 Å². The van der Waals surface area contributed by atoms with Crippen LogP contribution in [0.4, 0.5) is 11.4 Å². The number of hydrogen-bond donors (Lipinski definition) is 3. The molecule has 3 aliphatic rings. The number of imidazole rings is 1. The minimum Gasteiger partial charge on any atom is -0.345 e. The van der Waals surface area contributed by atoms with Gasteiger partial charge in [-0.1, -0.05) is 18.2 Å². The molecule has 6 rings (SSSR count). The molecule has 2 aliphatic heterocycles. The van der Waals surface area contributed by atoms with E-state index < -0.39 is 5.54 Å². The van der Waals surface area contributed by atoms with Crippen molar-refractivity contribution in [3.8, 4) is 0 Å². The Bertz CT molecular complexity index is 1440. The topological polar surface area (TPSA) is 98.1 Å². The molecule has 1 amide bonds. The van der Waals surface area contributed by atoms with Gasteiger partial charge >= 0.3 is 0 Å². The van der Waals surface area contributed by atoms with Crippen LogP contribution in [0.5, 0.6) is 0 Å². The summed E-state index contributed by atoms with van der Waals surface area (Å²) in [6.07, 6.45) is 2.54. The maximum Gasteiger partial charge on any atom is 0.259 e. The first kappa shape index (κ1) is 17.1. The van der Waals surface area contributed by atoms with E-state index >= 15 is 0 Å². The van der Waals surface area contributed by atoms with Gasteiger partial charge in [-0.2, -0.15) is 0 Å². The van der Waals surface area contributed by atoms with Gasteiger partial charge in [0.15, 0.2) is 21.9 Å². The molecule has 1 unspecified atom stereocenters. The van der Waals surface area contributed by atoms with Crippen LogP contribution in [0.15, 0.2) is 65.8 Å². The first-order valence-electron chi connectivity index (χ1n) is 9.41. The Morgan fingerprint density at radius 1 is 0.933 bits per heavy atom. The highest BCUT2D eigenvalue weighted by atomic mass is 32.1. The summed E-state index contributed by atoms with van der Waals surface area (Å²) >= 11 is 5.18. The summed E-state index contributed by atoms with van der Waals surface area (Å²) in [6, 6.07) is 12.9. The third-order valence-corrected chi connectivity index (χ3v) is 6.22. The van der Waals surface area contributed by atoms with Crippen molar-refractivity contribution in [2.24, 2.45) is 0 Å². The second-order valence-corrected chi connectivity index (χ2v) is 7.93. The predicted octanol–water partition coefficient (Wildman–Crippen LogP) is 2.90. The van der Waals surface area contributed by atoms with Crippen molar-refractivity contribution in [3.05, 3.63) is 76.1 Å². The summed E-state index contributed by atoms with van der Waals surface area (Å²) in [7, 11) is 0. The van der Waals surface area contributed by atoms with Crippen molar-refractivity contribution < 1.29 is 14.4 Å². The maximum absolute atomic E-state index is 13.5. The van der Waals surface area contributed by atoms with E-state index in [9.17, 15) is 14.4 Å². The fourth-order valence-corrected chi connectivity index (χ4v) is 5.02. The molecule has 1 aliphatic carbocycles. The van der Waals surface area contributed by atoms with Gasteiger partial charge in [-0.05, 0) is 48.6 Å². The number of hydrogen-bond acceptors (Lipinski definition) is 5. The number of allylic oxidation sites excluding steroid dienone is 2. The highest BCUT2D eigenvalue weighted by Gasteiger charge is 2.61. The molecule has 0 radical (unpaired) electrons. The number of H-pyrrole nitrogens is 2. The van der Waals surface area contributed by atoms with Gasteiger partial charge < -0.3 is 20.2 Å². The number of nitrogens with zero attached hydrogens (tertiary/aromatic N) is 1. The van der Waals surface area contributed by atoms with Crippen molar-refractivity contribution in [1.82, 2.24) is 9.97 Å². The van der Waals surface area contributed by atoms with Crippen molar-refractivity contribution in [2.75, 3.05) is 16.8 Å². The molecule has 3 aromatic rings. The lowest BCUT2D eigenvalue weighted by atomic mass is 9.78. The van der Waals surface area contributed by atoms with Crippen LogP contribution in [0, 0.1) is 4.77 Å². The number of carbonyl (C=O) groups is 3. The van der Waals surface area contributed by atoms with E-state index in [0.717, 1.165) is 11.0 Å². The molecule has 3 heterocycles.